The van der Waals surface area contributed by atoms with E-state index in [1.807, 2.05) is 4.90 Å². The van der Waals surface area contributed by atoms with Crippen molar-refractivity contribution in [2.75, 3.05) is 18.8 Å². The zero-order valence-corrected chi connectivity index (χ0v) is 12.3. The molecule has 0 aliphatic carbocycles. The quantitative estimate of drug-likeness (QED) is 0.844. The molecule has 1 aromatic rings. The normalized spacial score (nSPS) is 16.9. The van der Waals surface area contributed by atoms with Crippen LogP contribution in [-0.2, 0) is 0 Å². The molecule has 2 N–H and O–H groups in total. The molecule has 1 saturated heterocycles. The number of carbonyl (C=O) groups is 1. The number of likely N-dealkylation sites (tertiary alicyclic amines) is 1. The molecular weight excluding hydrogens is 260 g/mol. The minimum atomic E-state index is -0.000457. The largest absolute Gasteiger partial charge is 0.398 e. The molecule has 2 rings (SSSR count). The topological polar surface area (TPSA) is 46.3 Å². The molecule has 4 heteroatoms. The second-order valence-corrected chi connectivity index (χ2v) is 5.96. The molecule has 1 fully saturated rings. The average Bonchev–Trinajstić information content (AvgIpc) is 2.41. The molecule has 0 bridgehead atoms. The lowest BCUT2D eigenvalue weighted by molar-refractivity contribution is 0.0668. The number of hydrogen-bond donors (Lipinski definition) is 1. The monoisotopic (exact) mass is 280 g/mol. The molecule has 0 unspecified atom stereocenters. The second-order valence-electron chi connectivity index (χ2n) is 5.58. The van der Waals surface area contributed by atoms with E-state index in [4.69, 9.17) is 17.3 Å². The van der Waals surface area contributed by atoms with Gasteiger partial charge in [0.25, 0.3) is 5.91 Å². The molecule has 1 aromatic carbocycles. The number of hydrogen-bond acceptors (Lipinski definition) is 2. The van der Waals surface area contributed by atoms with E-state index in [1.165, 1.54) is 0 Å². The molecule has 1 aliphatic heterocycles. The van der Waals surface area contributed by atoms with Gasteiger partial charge in [-0.3, -0.25) is 4.79 Å². The fourth-order valence-corrected chi connectivity index (χ4v) is 2.86. The summed E-state index contributed by atoms with van der Waals surface area (Å²) in [6, 6.07) is 5.23. The van der Waals surface area contributed by atoms with Gasteiger partial charge < -0.3 is 10.6 Å². The van der Waals surface area contributed by atoms with E-state index in [0.29, 0.717) is 22.2 Å². The Balaban J connectivity index is 2.07. The van der Waals surface area contributed by atoms with E-state index in [0.717, 1.165) is 31.8 Å². The zero-order valence-electron chi connectivity index (χ0n) is 11.5. The van der Waals surface area contributed by atoms with Crippen molar-refractivity contribution in [3.05, 3.63) is 28.8 Å². The van der Waals surface area contributed by atoms with Gasteiger partial charge in [-0.05, 0) is 36.8 Å². The summed E-state index contributed by atoms with van der Waals surface area (Å²) in [5.74, 6) is 1.41. The molecule has 3 nitrogen and oxygen atoms in total. The van der Waals surface area contributed by atoms with Crippen LogP contribution in [-0.4, -0.2) is 23.9 Å². The van der Waals surface area contributed by atoms with Gasteiger partial charge in [0, 0.05) is 13.1 Å². The highest BCUT2D eigenvalue weighted by Crippen LogP contribution is 2.28. The SMILES string of the molecule is CC(C)C1CCN(C(=O)c2cccc(N)c2Cl)CC1. The first kappa shape index (κ1) is 14.2. The molecule has 19 heavy (non-hydrogen) atoms. The van der Waals surface area contributed by atoms with Crippen molar-refractivity contribution in [3.63, 3.8) is 0 Å². The van der Waals surface area contributed by atoms with Gasteiger partial charge in [0.1, 0.15) is 0 Å². The van der Waals surface area contributed by atoms with Crippen molar-refractivity contribution in [1.82, 2.24) is 4.90 Å². The first-order valence-corrected chi connectivity index (χ1v) is 7.21. The third-order valence-electron chi connectivity index (χ3n) is 4.03. The summed E-state index contributed by atoms with van der Waals surface area (Å²) in [6.07, 6.45) is 2.15. The predicted molar refractivity (Wildman–Crippen MR) is 79.3 cm³/mol. The Kier molecular flexibility index (Phi) is 4.35. The van der Waals surface area contributed by atoms with E-state index < -0.39 is 0 Å². The number of anilines is 1. The van der Waals surface area contributed by atoms with E-state index in [-0.39, 0.29) is 5.91 Å². The summed E-state index contributed by atoms with van der Waals surface area (Å²) in [4.78, 5) is 14.3. The van der Waals surface area contributed by atoms with Crippen LogP contribution in [0.4, 0.5) is 5.69 Å². The first-order valence-electron chi connectivity index (χ1n) is 6.84. The van der Waals surface area contributed by atoms with Crippen LogP contribution in [0.25, 0.3) is 0 Å². The van der Waals surface area contributed by atoms with Crippen LogP contribution in [0, 0.1) is 11.8 Å². The van der Waals surface area contributed by atoms with Crippen LogP contribution in [0.3, 0.4) is 0 Å². The lowest BCUT2D eigenvalue weighted by atomic mass is 9.86. The molecular formula is C15H21ClN2O. The van der Waals surface area contributed by atoms with Crippen molar-refractivity contribution in [1.29, 1.82) is 0 Å². The lowest BCUT2D eigenvalue weighted by Crippen LogP contribution is -2.39. The summed E-state index contributed by atoms with van der Waals surface area (Å²) in [5, 5.41) is 0.374. The van der Waals surface area contributed by atoms with E-state index in [2.05, 4.69) is 13.8 Å². The van der Waals surface area contributed by atoms with Crippen LogP contribution < -0.4 is 5.73 Å². The van der Waals surface area contributed by atoms with Gasteiger partial charge in [-0.1, -0.05) is 31.5 Å². The number of piperidine rings is 1. The molecule has 0 radical (unpaired) electrons. The zero-order chi connectivity index (χ0) is 14.0. The summed E-state index contributed by atoms with van der Waals surface area (Å²) < 4.78 is 0. The van der Waals surface area contributed by atoms with Crippen molar-refractivity contribution < 1.29 is 4.79 Å². The number of rotatable bonds is 2. The van der Waals surface area contributed by atoms with Crippen LogP contribution in [0.2, 0.25) is 5.02 Å². The smallest absolute Gasteiger partial charge is 0.255 e. The minimum absolute atomic E-state index is 0.000457. The highest BCUT2D eigenvalue weighted by molar-refractivity contribution is 6.36. The highest BCUT2D eigenvalue weighted by atomic mass is 35.5. The molecule has 1 amide bonds. The Morgan fingerprint density at radius 1 is 1.37 bits per heavy atom. The molecule has 0 aromatic heterocycles. The van der Waals surface area contributed by atoms with Gasteiger partial charge in [0.05, 0.1) is 16.3 Å². The first-order chi connectivity index (χ1) is 9.00. The van der Waals surface area contributed by atoms with Gasteiger partial charge in [-0.15, -0.1) is 0 Å². The average molecular weight is 281 g/mol. The Hall–Kier alpha value is -1.22. The van der Waals surface area contributed by atoms with Gasteiger partial charge in [0.2, 0.25) is 0 Å². The predicted octanol–water partition coefficient (Wildman–Crippen LogP) is 3.43. The summed E-state index contributed by atoms with van der Waals surface area (Å²) in [7, 11) is 0. The summed E-state index contributed by atoms with van der Waals surface area (Å²) >= 11 is 6.11. The lowest BCUT2D eigenvalue weighted by Gasteiger charge is -2.34. The van der Waals surface area contributed by atoms with Crippen LogP contribution in [0.15, 0.2) is 18.2 Å². The minimum Gasteiger partial charge on any atom is -0.398 e. The van der Waals surface area contributed by atoms with Gasteiger partial charge in [-0.25, -0.2) is 0 Å². The van der Waals surface area contributed by atoms with Crippen LogP contribution in [0.5, 0.6) is 0 Å². The number of nitrogens with zero attached hydrogens (tertiary/aromatic N) is 1. The Bertz CT molecular complexity index is 465. The van der Waals surface area contributed by atoms with Gasteiger partial charge in [0.15, 0.2) is 0 Å². The van der Waals surface area contributed by atoms with Crippen molar-refractivity contribution >= 4 is 23.2 Å². The third kappa shape index (κ3) is 3.03. The van der Waals surface area contributed by atoms with Crippen molar-refractivity contribution in [3.8, 4) is 0 Å². The van der Waals surface area contributed by atoms with E-state index in [1.54, 1.807) is 18.2 Å². The number of nitrogens with two attached hydrogens (primary N) is 1. The Morgan fingerprint density at radius 2 is 2.00 bits per heavy atom. The molecule has 1 heterocycles. The van der Waals surface area contributed by atoms with E-state index >= 15 is 0 Å². The molecule has 104 valence electrons. The third-order valence-corrected chi connectivity index (χ3v) is 4.45. The number of carbonyl (C=O) groups excluding carboxylic acids is 1. The maximum atomic E-state index is 12.4. The number of benzene rings is 1. The molecule has 0 spiro atoms. The molecule has 0 saturated carbocycles. The van der Waals surface area contributed by atoms with Crippen molar-refractivity contribution in [2.24, 2.45) is 11.8 Å². The van der Waals surface area contributed by atoms with Crippen LogP contribution in [0.1, 0.15) is 37.0 Å². The maximum absolute atomic E-state index is 12.4. The fraction of sp³-hybridized carbons (Fsp3) is 0.533. The molecule has 0 atom stereocenters. The Morgan fingerprint density at radius 3 is 2.58 bits per heavy atom. The summed E-state index contributed by atoms with van der Waals surface area (Å²) in [6.45, 7) is 6.12. The van der Waals surface area contributed by atoms with Crippen LogP contribution >= 0.6 is 11.6 Å². The second kappa shape index (κ2) is 5.83. The standard InChI is InChI=1S/C15H21ClN2O/c1-10(2)11-6-8-18(9-7-11)15(19)12-4-3-5-13(17)14(12)16/h3-5,10-11H,6-9,17H2,1-2H3. The van der Waals surface area contributed by atoms with E-state index in [9.17, 15) is 4.79 Å². The number of halogens is 1. The van der Waals surface area contributed by atoms with Gasteiger partial charge in [-0.2, -0.15) is 0 Å². The number of nitrogen functional groups attached to an aromatic ring is 1. The highest BCUT2D eigenvalue weighted by Gasteiger charge is 2.26. The Labute approximate surface area is 119 Å². The summed E-state index contributed by atoms with van der Waals surface area (Å²) in [5.41, 5.74) is 6.73. The van der Waals surface area contributed by atoms with Crippen molar-refractivity contribution in [2.45, 2.75) is 26.7 Å². The fourth-order valence-electron chi connectivity index (χ4n) is 2.65. The maximum Gasteiger partial charge on any atom is 0.255 e. The molecule has 1 aliphatic rings. The number of amides is 1. The van der Waals surface area contributed by atoms with Gasteiger partial charge >= 0.3 is 0 Å².